The highest BCUT2D eigenvalue weighted by atomic mass is 32.2. The highest BCUT2D eigenvalue weighted by Crippen LogP contribution is 2.40. The van der Waals surface area contributed by atoms with Gasteiger partial charge in [0, 0.05) is 37.4 Å². The van der Waals surface area contributed by atoms with Gasteiger partial charge in [-0.25, -0.2) is 26.3 Å². The minimum Gasteiger partial charge on any atom is -0.408 e. The summed E-state index contributed by atoms with van der Waals surface area (Å²) in [4.78, 5) is 15.9. The molecular weight excluding hydrogens is 565 g/mol. The normalized spacial score (nSPS) is 14.2. The number of aromatic nitrogens is 2. The van der Waals surface area contributed by atoms with Crippen molar-refractivity contribution in [2.75, 3.05) is 11.9 Å². The van der Waals surface area contributed by atoms with E-state index in [2.05, 4.69) is 15.0 Å². The van der Waals surface area contributed by atoms with Gasteiger partial charge in [0.15, 0.2) is 25.8 Å². The summed E-state index contributed by atoms with van der Waals surface area (Å²) in [5.74, 6) is -4.81. The van der Waals surface area contributed by atoms with Crippen molar-refractivity contribution >= 4 is 29.9 Å². The second-order valence-corrected chi connectivity index (χ2v) is 17.3. The number of nitrogens with zero attached hydrogens (tertiary/aromatic N) is 2. The number of carbonyl (C=O) groups excluding carboxylic acids is 1. The van der Waals surface area contributed by atoms with Gasteiger partial charge in [-0.1, -0.05) is 20.8 Å². The van der Waals surface area contributed by atoms with Crippen LogP contribution in [0.4, 0.5) is 18.9 Å². The first-order chi connectivity index (χ1) is 18.5. The molecule has 2 aromatic heterocycles. The molecule has 3 N–H and O–H groups in total. The highest BCUT2D eigenvalue weighted by Gasteiger charge is 2.42. The van der Waals surface area contributed by atoms with Crippen molar-refractivity contribution in [3.05, 3.63) is 77.6 Å². The molecule has 0 fully saturated rings. The zero-order valence-corrected chi connectivity index (χ0v) is 24.8. The molecule has 3 aromatic rings. The Balaban J connectivity index is 1.95. The molecule has 1 amide bonds. The van der Waals surface area contributed by atoms with Crippen LogP contribution in [0.25, 0.3) is 0 Å². The van der Waals surface area contributed by atoms with E-state index < -0.39 is 71.0 Å². The molecule has 218 valence electrons. The molecular formula is C26H33F3N4O5SSi. The molecule has 0 bridgehead atoms. The number of aliphatic hydroxyl groups excluding tert-OH is 1. The lowest BCUT2D eigenvalue weighted by Crippen LogP contribution is -2.49. The van der Waals surface area contributed by atoms with Crippen molar-refractivity contribution in [3.8, 4) is 0 Å². The Bertz CT molecular complexity index is 1480. The van der Waals surface area contributed by atoms with Crippen LogP contribution < -0.4 is 10.0 Å². The van der Waals surface area contributed by atoms with E-state index in [9.17, 15) is 27.1 Å². The number of hydrogen-bond donors (Lipinski definition) is 3. The smallest absolute Gasteiger partial charge is 0.275 e. The molecule has 2 atom stereocenters. The molecule has 9 nitrogen and oxygen atoms in total. The number of nitrogens with one attached hydrogen (secondary N) is 2. The monoisotopic (exact) mass is 598 g/mol. The van der Waals surface area contributed by atoms with Gasteiger partial charge in [0.25, 0.3) is 5.91 Å². The molecule has 0 saturated heterocycles. The molecule has 2 heterocycles. The van der Waals surface area contributed by atoms with E-state index in [1.165, 1.54) is 19.4 Å². The van der Waals surface area contributed by atoms with Crippen molar-refractivity contribution in [1.29, 1.82) is 0 Å². The molecule has 3 rings (SSSR count). The standard InChI is InChI=1S/C26H33F3N4O5SSi/c1-26(2,3)40(5,6)38-24(16-9-11-30-12-10-16)20(15-34)32-39(36,37)21-14-33(4)23(22(21)29)25(35)31-17-7-8-18(27)19(28)13-17/h7-14,20,24,32,34H,15H2,1-6H3,(H,31,35). The molecule has 0 radical (unpaired) electrons. The highest BCUT2D eigenvalue weighted by molar-refractivity contribution is 7.89. The summed E-state index contributed by atoms with van der Waals surface area (Å²) >= 11 is 0. The predicted molar refractivity (Wildman–Crippen MR) is 146 cm³/mol. The van der Waals surface area contributed by atoms with E-state index in [1.54, 1.807) is 12.1 Å². The number of amides is 1. The Morgan fingerprint density at radius 1 is 1.12 bits per heavy atom. The zero-order chi connectivity index (χ0) is 30.0. The number of carbonyl (C=O) groups is 1. The SMILES string of the molecule is Cn1cc(S(=O)(=O)NC(CO)C(O[Si](C)(C)C(C)(C)C)c2ccncc2)c(F)c1C(=O)Nc1ccc(F)c(F)c1. The van der Waals surface area contributed by atoms with E-state index in [-0.39, 0.29) is 10.7 Å². The minimum atomic E-state index is -4.64. The lowest BCUT2D eigenvalue weighted by Gasteiger charge is -2.41. The first kappa shape index (κ1) is 31.5. The van der Waals surface area contributed by atoms with E-state index >= 15 is 4.39 Å². The van der Waals surface area contributed by atoms with Crippen molar-refractivity contribution < 1.29 is 35.9 Å². The number of pyridine rings is 1. The summed E-state index contributed by atoms with van der Waals surface area (Å²) in [5.41, 5.74) is -0.258. The maximum Gasteiger partial charge on any atom is 0.275 e. The van der Waals surface area contributed by atoms with E-state index in [1.807, 2.05) is 33.9 Å². The average Bonchev–Trinajstić information content (AvgIpc) is 3.18. The van der Waals surface area contributed by atoms with Gasteiger partial charge in [0.05, 0.1) is 18.8 Å². The first-order valence-electron chi connectivity index (χ1n) is 12.3. The van der Waals surface area contributed by atoms with Crippen molar-refractivity contribution in [3.63, 3.8) is 0 Å². The summed E-state index contributed by atoms with van der Waals surface area (Å²) < 4.78 is 78.8. The van der Waals surface area contributed by atoms with Crippen molar-refractivity contribution in [2.24, 2.45) is 7.05 Å². The molecule has 0 aliphatic rings. The fraction of sp³-hybridized carbons (Fsp3) is 0.385. The van der Waals surface area contributed by atoms with Gasteiger partial charge in [0.1, 0.15) is 10.6 Å². The first-order valence-corrected chi connectivity index (χ1v) is 16.7. The second-order valence-electron chi connectivity index (χ2n) is 10.8. The third kappa shape index (κ3) is 6.81. The Kier molecular flexibility index (Phi) is 9.31. The largest absolute Gasteiger partial charge is 0.408 e. The lowest BCUT2D eigenvalue weighted by molar-refractivity contribution is 0.101. The number of benzene rings is 1. The Morgan fingerprint density at radius 2 is 1.75 bits per heavy atom. The van der Waals surface area contributed by atoms with Gasteiger partial charge in [-0.3, -0.25) is 9.78 Å². The van der Waals surface area contributed by atoms with Crippen LogP contribution in [0.3, 0.4) is 0 Å². The maximum atomic E-state index is 15.5. The Morgan fingerprint density at radius 3 is 2.30 bits per heavy atom. The summed E-state index contributed by atoms with van der Waals surface area (Å²) in [5, 5.41) is 12.2. The molecule has 0 saturated carbocycles. The topological polar surface area (TPSA) is 123 Å². The van der Waals surface area contributed by atoms with Crippen LogP contribution in [0.1, 0.15) is 42.9 Å². The van der Waals surface area contributed by atoms with E-state index in [0.29, 0.717) is 11.6 Å². The van der Waals surface area contributed by atoms with Gasteiger partial charge in [-0.05, 0) is 48.0 Å². The number of sulfonamides is 1. The number of rotatable bonds is 10. The number of aliphatic hydroxyl groups is 1. The van der Waals surface area contributed by atoms with Gasteiger partial charge < -0.3 is 19.4 Å². The van der Waals surface area contributed by atoms with Gasteiger partial charge in [0.2, 0.25) is 10.0 Å². The van der Waals surface area contributed by atoms with Gasteiger partial charge in [-0.15, -0.1) is 0 Å². The summed E-state index contributed by atoms with van der Waals surface area (Å²) in [6.07, 6.45) is 2.98. The molecule has 2 unspecified atom stereocenters. The number of aryl methyl sites for hydroxylation is 1. The molecule has 1 aromatic carbocycles. The molecule has 14 heteroatoms. The number of hydrogen-bond acceptors (Lipinski definition) is 6. The van der Waals surface area contributed by atoms with Gasteiger partial charge >= 0.3 is 0 Å². The Hall–Kier alpha value is -3.04. The van der Waals surface area contributed by atoms with Crippen molar-refractivity contribution in [1.82, 2.24) is 14.3 Å². The summed E-state index contributed by atoms with van der Waals surface area (Å²) in [6, 6.07) is 4.62. The second kappa shape index (κ2) is 11.8. The Labute approximate surface area is 232 Å². The van der Waals surface area contributed by atoms with Crippen LogP contribution in [0, 0.1) is 17.5 Å². The summed E-state index contributed by atoms with van der Waals surface area (Å²) in [6.45, 7) is 9.28. The summed E-state index contributed by atoms with van der Waals surface area (Å²) in [7, 11) is -5.89. The average molecular weight is 599 g/mol. The molecule has 0 aliphatic carbocycles. The predicted octanol–water partition coefficient (Wildman–Crippen LogP) is 4.49. The van der Waals surface area contributed by atoms with Crippen LogP contribution in [0.5, 0.6) is 0 Å². The molecule has 40 heavy (non-hydrogen) atoms. The third-order valence-electron chi connectivity index (χ3n) is 6.90. The zero-order valence-electron chi connectivity index (χ0n) is 23.0. The molecule has 0 aliphatic heterocycles. The van der Waals surface area contributed by atoms with E-state index in [4.69, 9.17) is 4.43 Å². The van der Waals surface area contributed by atoms with Crippen molar-refractivity contribution in [2.45, 2.75) is 55.9 Å². The van der Waals surface area contributed by atoms with Crippen LogP contribution >= 0.6 is 0 Å². The minimum absolute atomic E-state index is 0.157. The van der Waals surface area contributed by atoms with Crippen LogP contribution in [-0.2, 0) is 21.5 Å². The van der Waals surface area contributed by atoms with Crippen LogP contribution in [0.2, 0.25) is 18.1 Å². The molecule has 0 spiro atoms. The lowest BCUT2D eigenvalue weighted by atomic mass is 10.1. The van der Waals surface area contributed by atoms with Crippen LogP contribution in [0.15, 0.2) is 53.8 Å². The number of halogens is 3. The number of anilines is 1. The quantitative estimate of drug-likeness (QED) is 0.296. The fourth-order valence-corrected chi connectivity index (χ4v) is 6.31. The van der Waals surface area contributed by atoms with Crippen LogP contribution in [-0.4, -0.2) is 49.9 Å². The maximum absolute atomic E-state index is 15.5. The third-order valence-corrected chi connectivity index (χ3v) is 12.8. The fourth-order valence-electron chi connectivity index (χ4n) is 3.67. The van der Waals surface area contributed by atoms with Gasteiger partial charge in [-0.2, -0.15) is 0 Å². The van der Waals surface area contributed by atoms with E-state index in [0.717, 1.165) is 22.9 Å².